The Bertz CT molecular complexity index is 565. The molecule has 0 saturated carbocycles. The van der Waals surface area contributed by atoms with Gasteiger partial charge in [0.25, 0.3) is 0 Å². The molecule has 0 atom stereocenters. The summed E-state index contributed by atoms with van der Waals surface area (Å²) in [4.78, 5) is 4.39. The summed E-state index contributed by atoms with van der Waals surface area (Å²) in [6.07, 6.45) is 0. The van der Waals surface area contributed by atoms with Gasteiger partial charge in [-0.15, -0.1) is 11.3 Å². The molecule has 2 nitrogen and oxygen atoms in total. The zero-order valence-corrected chi connectivity index (χ0v) is 11.2. The normalized spacial score (nSPS) is 11.8. The number of hydrogen-bond acceptors (Lipinski definition) is 3. The molecule has 0 spiro atoms. The third-order valence-corrected chi connectivity index (χ3v) is 3.74. The summed E-state index contributed by atoms with van der Waals surface area (Å²) in [5, 5.41) is 1.32. The first-order valence-electron chi connectivity index (χ1n) is 5.50. The molecule has 5 heteroatoms. The van der Waals surface area contributed by atoms with Crippen LogP contribution in [-0.2, 0) is 5.41 Å². The number of thiazole rings is 1. The Hall–Kier alpha value is -1.49. The maximum atomic E-state index is 13.2. The van der Waals surface area contributed by atoms with Gasteiger partial charge >= 0.3 is 0 Å². The summed E-state index contributed by atoms with van der Waals surface area (Å²) < 4.78 is 26.4. The van der Waals surface area contributed by atoms with E-state index in [0.717, 1.165) is 11.1 Å². The standard InChI is InChI=1S/C13H14F2N2S/c1-13(2,3)12-17-10(11(16)18-12)7-4-8(14)6-9(15)5-7/h4-6H,16H2,1-3H3. The fourth-order valence-electron chi connectivity index (χ4n) is 1.55. The summed E-state index contributed by atoms with van der Waals surface area (Å²) in [6, 6.07) is 3.30. The molecule has 1 aromatic carbocycles. The molecule has 0 fully saturated rings. The SMILES string of the molecule is CC(C)(C)c1nc(-c2cc(F)cc(F)c2)c(N)s1. The third-order valence-electron chi connectivity index (χ3n) is 2.43. The number of rotatable bonds is 1. The molecule has 2 N–H and O–H groups in total. The molecular weight excluding hydrogens is 254 g/mol. The summed E-state index contributed by atoms with van der Waals surface area (Å²) in [5.74, 6) is -1.26. The molecule has 2 aromatic rings. The van der Waals surface area contributed by atoms with Crippen LogP contribution in [0.15, 0.2) is 18.2 Å². The average Bonchev–Trinajstić information content (AvgIpc) is 2.58. The van der Waals surface area contributed by atoms with Gasteiger partial charge in [0.05, 0.1) is 0 Å². The summed E-state index contributed by atoms with van der Waals surface area (Å²) >= 11 is 1.35. The van der Waals surface area contributed by atoms with Crippen LogP contribution in [0.4, 0.5) is 13.8 Å². The van der Waals surface area contributed by atoms with Crippen molar-refractivity contribution in [3.8, 4) is 11.3 Å². The van der Waals surface area contributed by atoms with Gasteiger partial charge in [-0.1, -0.05) is 20.8 Å². The van der Waals surface area contributed by atoms with E-state index in [1.807, 2.05) is 20.8 Å². The molecule has 0 saturated heterocycles. The predicted molar refractivity (Wildman–Crippen MR) is 70.6 cm³/mol. The smallest absolute Gasteiger partial charge is 0.126 e. The molecule has 0 aliphatic carbocycles. The fraction of sp³-hybridized carbons (Fsp3) is 0.308. The molecule has 0 amide bonds. The highest BCUT2D eigenvalue weighted by atomic mass is 32.1. The van der Waals surface area contributed by atoms with Crippen LogP contribution in [0.25, 0.3) is 11.3 Å². The van der Waals surface area contributed by atoms with Crippen LogP contribution in [0.2, 0.25) is 0 Å². The molecule has 18 heavy (non-hydrogen) atoms. The number of anilines is 1. The van der Waals surface area contributed by atoms with Crippen LogP contribution in [-0.4, -0.2) is 4.98 Å². The van der Waals surface area contributed by atoms with Crippen molar-refractivity contribution in [1.29, 1.82) is 0 Å². The molecule has 1 heterocycles. The second-order valence-corrected chi connectivity index (χ2v) is 6.17. The van der Waals surface area contributed by atoms with Gasteiger partial charge < -0.3 is 5.73 Å². The number of nitrogens with two attached hydrogens (primary N) is 1. The molecule has 0 bridgehead atoms. The van der Waals surface area contributed by atoms with Crippen LogP contribution < -0.4 is 5.73 Å². The maximum absolute atomic E-state index is 13.2. The Kier molecular flexibility index (Phi) is 3.11. The van der Waals surface area contributed by atoms with E-state index in [2.05, 4.69) is 4.98 Å². The van der Waals surface area contributed by atoms with Crippen molar-refractivity contribution in [2.75, 3.05) is 5.73 Å². The van der Waals surface area contributed by atoms with Crippen LogP contribution in [0.3, 0.4) is 0 Å². The highest BCUT2D eigenvalue weighted by molar-refractivity contribution is 7.16. The van der Waals surface area contributed by atoms with Gasteiger partial charge in [0.2, 0.25) is 0 Å². The van der Waals surface area contributed by atoms with Crippen molar-refractivity contribution >= 4 is 16.3 Å². The van der Waals surface area contributed by atoms with E-state index in [9.17, 15) is 8.78 Å². The van der Waals surface area contributed by atoms with Gasteiger partial charge in [-0.3, -0.25) is 0 Å². The van der Waals surface area contributed by atoms with Crippen molar-refractivity contribution in [2.24, 2.45) is 0 Å². The number of nitrogen functional groups attached to an aromatic ring is 1. The Morgan fingerprint density at radius 3 is 2.11 bits per heavy atom. The first kappa shape index (κ1) is 13.0. The highest BCUT2D eigenvalue weighted by Gasteiger charge is 2.21. The monoisotopic (exact) mass is 268 g/mol. The van der Waals surface area contributed by atoms with Gasteiger partial charge in [0, 0.05) is 17.0 Å². The summed E-state index contributed by atoms with van der Waals surface area (Å²) in [6.45, 7) is 6.05. The van der Waals surface area contributed by atoms with E-state index >= 15 is 0 Å². The lowest BCUT2D eigenvalue weighted by Crippen LogP contribution is -2.10. The average molecular weight is 268 g/mol. The van der Waals surface area contributed by atoms with Crippen LogP contribution in [0, 0.1) is 11.6 Å². The zero-order valence-electron chi connectivity index (χ0n) is 10.4. The Balaban J connectivity index is 2.54. The van der Waals surface area contributed by atoms with Gasteiger partial charge in [-0.25, -0.2) is 13.8 Å². The van der Waals surface area contributed by atoms with E-state index in [-0.39, 0.29) is 5.41 Å². The minimum absolute atomic E-state index is 0.136. The minimum Gasteiger partial charge on any atom is -0.389 e. The lowest BCUT2D eigenvalue weighted by molar-refractivity contribution is 0.582. The number of hydrogen-bond donors (Lipinski definition) is 1. The molecule has 1 aromatic heterocycles. The van der Waals surface area contributed by atoms with Gasteiger partial charge in [-0.2, -0.15) is 0 Å². The molecule has 2 rings (SSSR count). The molecule has 0 unspecified atom stereocenters. The lowest BCUT2D eigenvalue weighted by Gasteiger charge is -2.13. The Labute approximate surface area is 108 Å². The quantitative estimate of drug-likeness (QED) is 0.850. The van der Waals surface area contributed by atoms with Gasteiger partial charge in [0.1, 0.15) is 27.3 Å². The second kappa shape index (κ2) is 4.31. The highest BCUT2D eigenvalue weighted by Crippen LogP contribution is 2.36. The number of nitrogens with zero attached hydrogens (tertiary/aromatic N) is 1. The molecule has 0 radical (unpaired) electrons. The van der Waals surface area contributed by atoms with E-state index in [1.165, 1.54) is 23.5 Å². The van der Waals surface area contributed by atoms with E-state index < -0.39 is 11.6 Å². The lowest BCUT2D eigenvalue weighted by atomic mass is 9.98. The third kappa shape index (κ3) is 2.51. The van der Waals surface area contributed by atoms with Crippen LogP contribution >= 0.6 is 11.3 Å². The van der Waals surface area contributed by atoms with Gasteiger partial charge in [0.15, 0.2) is 0 Å². The second-order valence-electron chi connectivity index (χ2n) is 5.14. The number of halogens is 2. The molecular formula is C13H14F2N2S. The number of benzene rings is 1. The van der Waals surface area contributed by atoms with Crippen LogP contribution in [0.1, 0.15) is 25.8 Å². The van der Waals surface area contributed by atoms with Crippen molar-refractivity contribution in [2.45, 2.75) is 26.2 Å². The maximum Gasteiger partial charge on any atom is 0.126 e. The summed E-state index contributed by atoms with van der Waals surface area (Å²) in [7, 11) is 0. The molecule has 0 aliphatic rings. The van der Waals surface area contributed by atoms with Crippen molar-refractivity contribution in [3.63, 3.8) is 0 Å². The van der Waals surface area contributed by atoms with E-state index in [1.54, 1.807) is 0 Å². The first-order valence-corrected chi connectivity index (χ1v) is 6.32. The van der Waals surface area contributed by atoms with Crippen LogP contribution in [0.5, 0.6) is 0 Å². The molecule has 0 aliphatic heterocycles. The van der Waals surface area contributed by atoms with Crippen molar-refractivity contribution in [3.05, 3.63) is 34.8 Å². The summed E-state index contributed by atoms with van der Waals surface area (Å²) in [5.41, 5.74) is 6.56. The topological polar surface area (TPSA) is 38.9 Å². The zero-order chi connectivity index (χ0) is 13.5. The predicted octanol–water partition coefficient (Wildman–Crippen LogP) is 3.97. The van der Waals surface area contributed by atoms with Gasteiger partial charge in [-0.05, 0) is 12.1 Å². The Morgan fingerprint density at radius 1 is 1.11 bits per heavy atom. The first-order chi connectivity index (χ1) is 8.27. The van der Waals surface area contributed by atoms with E-state index in [4.69, 9.17) is 5.73 Å². The molecule has 96 valence electrons. The minimum atomic E-state index is -0.630. The van der Waals surface area contributed by atoms with E-state index in [0.29, 0.717) is 16.3 Å². The van der Waals surface area contributed by atoms with Crippen molar-refractivity contribution < 1.29 is 8.78 Å². The van der Waals surface area contributed by atoms with Crippen molar-refractivity contribution in [1.82, 2.24) is 4.98 Å². The number of aromatic nitrogens is 1. The Morgan fingerprint density at radius 2 is 1.67 bits per heavy atom. The largest absolute Gasteiger partial charge is 0.389 e. The fourth-order valence-corrected chi connectivity index (χ4v) is 2.46.